The van der Waals surface area contributed by atoms with E-state index >= 15 is 0 Å². The lowest BCUT2D eigenvalue weighted by Crippen LogP contribution is -2.31. The summed E-state index contributed by atoms with van der Waals surface area (Å²) in [7, 11) is 4.09. The van der Waals surface area contributed by atoms with Crippen LogP contribution in [0.3, 0.4) is 0 Å². The summed E-state index contributed by atoms with van der Waals surface area (Å²) in [5.41, 5.74) is 0. The van der Waals surface area contributed by atoms with Crippen LogP contribution in [0.1, 0.15) is 39.0 Å². The summed E-state index contributed by atoms with van der Waals surface area (Å²) < 4.78 is 0. The minimum absolute atomic E-state index is 0.166. The van der Waals surface area contributed by atoms with Gasteiger partial charge in [-0.3, -0.25) is 4.79 Å². The van der Waals surface area contributed by atoms with Crippen LogP contribution in [0.15, 0.2) is 0 Å². The van der Waals surface area contributed by atoms with Crippen molar-refractivity contribution in [1.29, 1.82) is 0 Å². The zero-order valence-electron chi connectivity index (χ0n) is 11.7. The zero-order chi connectivity index (χ0) is 12.9. The van der Waals surface area contributed by atoms with Crippen molar-refractivity contribution in [1.82, 2.24) is 15.5 Å². The van der Waals surface area contributed by atoms with Gasteiger partial charge in [0.25, 0.3) is 0 Å². The van der Waals surface area contributed by atoms with Gasteiger partial charge in [-0.2, -0.15) is 0 Å². The molecule has 0 aliphatic heterocycles. The van der Waals surface area contributed by atoms with Crippen LogP contribution in [0, 0.1) is 0 Å². The van der Waals surface area contributed by atoms with Gasteiger partial charge in [-0.1, -0.05) is 26.2 Å². The number of amides is 1. The molecule has 1 amide bonds. The summed E-state index contributed by atoms with van der Waals surface area (Å²) in [4.78, 5) is 13.5. The van der Waals surface area contributed by atoms with E-state index in [-0.39, 0.29) is 5.91 Å². The van der Waals surface area contributed by atoms with Gasteiger partial charge in [0, 0.05) is 32.6 Å². The molecule has 0 aromatic heterocycles. The molecule has 0 bridgehead atoms. The second-order valence-corrected chi connectivity index (χ2v) is 4.71. The smallest absolute Gasteiger partial charge is 0.221 e. The first-order valence-corrected chi connectivity index (χ1v) is 6.79. The predicted molar refractivity (Wildman–Crippen MR) is 73.2 cm³/mol. The molecule has 0 saturated carbocycles. The molecular weight excluding hydrogens is 214 g/mol. The fourth-order valence-corrected chi connectivity index (χ4v) is 1.50. The molecule has 0 aliphatic carbocycles. The van der Waals surface area contributed by atoms with Gasteiger partial charge in [0.05, 0.1) is 0 Å². The first-order valence-electron chi connectivity index (χ1n) is 6.79. The van der Waals surface area contributed by atoms with Crippen LogP contribution in [0.5, 0.6) is 0 Å². The highest BCUT2D eigenvalue weighted by molar-refractivity contribution is 5.75. The van der Waals surface area contributed by atoms with E-state index < -0.39 is 0 Å². The van der Waals surface area contributed by atoms with Crippen LogP contribution >= 0.6 is 0 Å². The van der Waals surface area contributed by atoms with E-state index in [1.807, 2.05) is 14.1 Å². The first-order chi connectivity index (χ1) is 8.16. The molecule has 4 heteroatoms. The van der Waals surface area contributed by atoms with Crippen LogP contribution in [-0.2, 0) is 4.79 Å². The Morgan fingerprint density at radius 1 is 1.06 bits per heavy atom. The SMILES string of the molecule is CCCCCCNC(=O)CCNCCN(C)C. The lowest BCUT2D eigenvalue weighted by molar-refractivity contribution is -0.121. The third kappa shape index (κ3) is 13.3. The predicted octanol–water partition coefficient (Wildman–Crippen LogP) is 1.22. The van der Waals surface area contributed by atoms with Crippen molar-refractivity contribution in [2.75, 3.05) is 40.3 Å². The average molecular weight is 243 g/mol. The summed E-state index contributed by atoms with van der Waals surface area (Å²) in [5, 5.41) is 6.21. The van der Waals surface area contributed by atoms with Gasteiger partial charge in [0.15, 0.2) is 0 Å². The Kier molecular flexibility index (Phi) is 11.4. The Hall–Kier alpha value is -0.610. The molecule has 17 heavy (non-hydrogen) atoms. The van der Waals surface area contributed by atoms with Gasteiger partial charge in [-0.15, -0.1) is 0 Å². The standard InChI is InChI=1S/C13H29N3O/c1-4-5-6-7-9-15-13(17)8-10-14-11-12-16(2)3/h14H,4-12H2,1-3H3,(H,15,17). The van der Waals surface area contributed by atoms with E-state index in [1.165, 1.54) is 19.3 Å². The molecule has 0 fully saturated rings. The Labute approximate surface area is 106 Å². The quantitative estimate of drug-likeness (QED) is 0.536. The maximum absolute atomic E-state index is 11.4. The maximum atomic E-state index is 11.4. The first kappa shape index (κ1) is 16.4. The third-order valence-electron chi connectivity index (χ3n) is 2.62. The number of hydrogen-bond acceptors (Lipinski definition) is 3. The average Bonchev–Trinajstić information content (AvgIpc) is 2.28. The van der Waals surface area contributed by atoms with E-state index in [0.29, 0.717) is 6.42 Å². The number of rotatable bonds is 11. The van der Waals surface area contributed by atoms with Crippen molar-refractivity contribution in [3.05, 3.63) is 0 Å². The summed E-state index contributed by atoms with van der Waals surface area (Å²) in [6.45, 7) is 5.75. The lowest BCUT2D eigenvalue weighted by atomic mass is 10.2. The molecule has 0 unspecified atom stereocenters. The highest BCUT2D eigenvalue weighted by Crippen LogP contribution is 1.96. The van der Waals surface area contributed by atoms with Crippen LogP contribution in [-0.4, -0.2) is 51.1 Å². The Bertz CT molecular complexity index is 184. The second kappa shape index (κ2) is 11.9. The number of carbonyl (C=O) groups excluding carboxylic acids is 1. The van der Waals surface area contributed by atoms with Crippen molar-refractivity contribution < 1.29 is 4.79 Å². The molecule has 0 saturated heterocycles. The van der Waals surface area contributed by atoms with Crippen LogP contribution in [0.4, 0.5) is 0 Å². The number of likely N-dealkylation sites (N-methyl/N-ethyl adjacent to an activating group) is 1. The third-order valence-corrected chi connectivity index (χ3v) is 2.62. The summed E-state index contributed by atoms with van der Waals surface area (Å²) in [5.74, 6) is 0.166. The minimum atomic E-state index is 0.166. The van der Waals surface area contributed by atoms with E-state index in [9.17, 15) is 4.79 Å². The molecule has 102 valence electrons. The summed E-state index contributed by atoms with van der Waals surface area (Å²) in [6, 6.07) is 0. The van der Waals surface area contributed by atoms with Crippen molar-refractivity contribution in [3.8, 4) is 0 Å². The largest absolute Gasteiger partial charge is 0.356 e. The minimum Gasteiger partial charge on any atom is -0.356 e. The Morgan fingerprint density at radius 2 is 1.82 bits per heavy atom. The lowest BCUT2D eigenvalue weighted by Gasteiger charge is -2.10. The molecule has 0 rings (SSSR count). The van der Waals surface area contributed by atoms with E-state index in [0.717, 1.165) is 32.6 Å². The number of carbonyl (C=O) groups is 1. The summed E-state index contributed by atoms with van der Waals surface area (Å²) >= 11 is 0. The molecule has 0 atom stereocenters. The molecule has 0 radical (unpaired) electrons. The van der Waals surface area contributed by atoms with E-state index in [2.05, 4.69) is 22.5 Å². The van der Waals surface area contributed by atoms with Crippen LogP contribution in [0.2, 0.25) is 0 Å². The van der Waals surface area contributed by atoms with Crippen molar-refractivity contribution in [3.63, 3.8) is 0 Å². The molecule has 0 heterocycles. The van der Waals surface area contributed by atoms with Gasteiger partial charge in [0.1, 0.15) is 0 Å². The highest BCUT2D eigenvalue weighted by atomic mass is 16.1. The molecule has 0 aromatic rings. The molecule has 2 N–H and O–H groups in total. The van der Waals surface area contributed by atoms with Crippen molar-refractivity contribution >= 4 is 5.91 Å². The molecule has 0 aromatic carbocycles. The number of hydrogen-bond donors (Lipinski definition) is 2. The van der Waals surface area contributed by atoms with Gasteiger partial charge >= 0.3 is 0 Å². The number of unbranched alkanes of at least 4 members (excludes halogenated alkanes) is 3. The van der Waals surface area contributed by atoms with Crippen molar-refractivity contribution in [2.24, 2.45) is 0 Å². The normalized spacial score (nSPS) is 10.8. The van der Waals surface area contributed by atoms with Gasteiger partial charge < -0.3 is 15.5 Å². The van der Waals surface area contributed by atoms with E-state index in [1.54, 1.807) is 0 Å². The Morgan fingerprint density at radius 3 is 2.47 bits per heavy atom. The fraction of sp³-hybridized carbons (Fsp3) is 0.923. The van der Waals surface area contributed by atoms with Gasteiger partial charge in [-0.25, -0.2) is 0 Å². The molecule has 4 nitrogen and oxygen atoms in total. The van der Waals surface area contributed by atoms with Crippen LogP contribution in [0.25, 0.3) is 0 Å². The molecule has 0 aliphatic rings. The summed E-state index contributed by atoms with van der Waals surface area (Å²) in [6.07, 6.45) is 5.42. The fourth-order valence-electron chi connectivity index (χ4n) is 1.50. The Balaban J connectivity index is 3.18. The monoisotopic (exact) mass is 243 g/mol. The second-order valence-electron chi connectivity index (χ2n) is 4.71. The number of nitrogens with zero attached hydrogens (tertiary/aromatic N) is 1. The molecule has 0 spiro atoms. The highest BCUT2D eigenvalue weighted by Gasteiger charge is 1.99. The zero-order valence-corrected chi connectivity index (χ0v) is 11.7. The maximum Gasteiger partial charge on any atom is 0.221 e. The molecular formula is C13H29N3O. The van der Waals surface area contributed by atoms with E-state index in [4.69, 9.17) is 0 Å². The topological polar surface area (TPSA) is 44.4 Å². The van der Waals surface area contributed by atoms with Crippen LogP contribution < -0.4 is 10.6 Å². The number of nitrogens with one attached hydrogen (secondary N) is 2. The van der Waals surface area contributed by atoms with Gasteiger partial charge in [0.2, 0.25) is 5.91 Å². The van der Waals surface area contributed by atoms with Gasteiger partial charge in [-0.05, 0) is 20.5 Å². The van der Waals surface area contributed by atoms with Crippen molar-refractivity contribution in [2.45, 2.75) is 39.0 Å².